The van der Waals surface area contributed by atoms with Gasteiger partial charge in [-0.3, -0.25) is 4.79 Å². The van der Waals surface area contributed by atoms with Gasteiger partial charge < -0.3 is 4.90 Å². The van der Waals surface area contributed by atoms with Crippen molar-refractivity contribution in [3.63, 3.8) is 0 Å². The molecule has 26 heavy (non-hydrogen) atoms. The third-order valence-electron chi connectivity index (χ3n) is 4.83. The first-order valence-corrected chi connectivity index (χ1v) is 8.57. The highest BCUT2D eigenvalue weighted by Crippen LogP contribution is 2.36. The Bertz CT molecular complexity index is 1100. The van der Waals surface area contributed by atoms with Gasteiger partial charge in [0.05, 0.1) is 5.52 Å². The molecule has 1 unspecified atom stereocenters. The fourth-order valence-electron chi connectivity index (χ4n) is 3.62. The molecule has 0 spiro atoms. The Balaban J connectivity index is 1.67. The summed E-state index contributed by atoms with van der Waals surface area (Å²) in [5, 5.41) is 8.65. The summed E-state index contributed by atoms with van der Waals surface area (Å²) in [6.07, 6.45) is -0.300. The highest BCUT2D eigenvalue weighted by atomic mass is 16.2. The molecule has 2 heterocycles. The maximum Gasteiger partial charge on any atom is 0.256 e. The van der Waals surface area contributed by atoms with Gasteiger partial charge in [0.1, 0.15) is 5.52 Å². The van der Waals surface area contributed by atoms with E-state index >= 15 is 0 Å². The van der Waals surface area contributed by atoms with Crippen molar-refractivity contribution in [2.24, 2.45) is 0 Å². The van der Waals surface area contributed by atoms with E-state index in [4.69, 9.17) is 0 Å². The van der Waals surface area contributed by atoms with Crippen LogP contribution in [0.25, 0.3) is 11.0 Å². The highest BCUT2D eigenvalue weighted by Gasteiger charge is 2.38. The van der Waals surface area contributed by atoms with Crippen molar-refractivity contribution in [2.75, 3.05) is 0 Å². The van der Waals surface area contributed by atoms with Gasteiger partial charge in [-0.25, -0.2) is 4.68 Å². The number of benzene rings is 3. The Kier molecular flexibility index (Phi) is 3.31. The van der Waals surface area contributed by atoms with E-state index in [2.05, 4.69) is 10.3 Å². The molecule has 1 atom stereocenters. The van der Waals surface area contributed by atoms with Crippen molar-refractivity contribution in [3.8, 4) is 0 Å². The molecule has 4 aromatic rings. The molecule has 0 N–H and O–H groups in total. The van der Waals surface area contributed by atoms with Crippen LogP contribution in [0.4, 0.5) is 0 Å². The summed E-state index contributed by atoms with van der Waals surface area (Å²) in [5.74, 6) is 0.0223. The van der Waals surface area contributed by atoms with Crippen LogP contribution in [0.3, 0.4) is 0 Å². The summed E-state index contributed by atoms with van der Waals surface area (Å²) in [6.45, 7) is 0.521. The van der Waals surface area contributed by atoms with Crippen molar-refractivity contribution in [2.45, 2.75) is 12.7 Å². The van der Waals surface area contributed by atoms with E-state index in [1.807, 2.05) is 88.4 Å². The molecule has 5 rings (SSSR count). The third kappa shape index (κ3) is 2.21. The van der Waals surface area contributed by atoms with E-state index in [9.17, 15) is 4.79 Å². The van der Waals surface area contributed by atoms with E-state index in [1.165, 1.54) is 0 Å². The number of amides is 1. The number of nitrogens with zero attached hydrogens (tertiary/aromatic N) is 4. The van der Waals surface area contributed by atoms with E-state index in [1.54, 1.807) is 0 Å². The Labute approximate surface area is 150 Å². The number of fused-ring (bicyclic) bond motifs is 2. The second-order valence-corrected chi connectivity index (χ2v) is 6.40. The second-order valence-electron chi connectivity index (χ2n) is 6.40. The van der Waals surface area contributed by atoms with Crippen LogP contribution in [-0.4, -0.2) is 25.8 Å². The molecule has 1 aliphatic rings. The summed E-state index contributed by atoms with van der Waals surface area (Å²) >= 11 is 0. The minimum atomic E-state index is -0.300. The molecule has 0 radical (unpaired) electrons. The largest absolute Gasteiger partial charge is 0.308 e. The zero-order valence-corrected chi connectivity index (χ0v) is 14.0. The van der Waals surface area contributed by atoms with Crippen LogP contribution >= 0.6 is 0 Å². The second kappa shape index (κ2) is 5.81. The zero-order chi connectivity index (χ0) is 17.5. The Morgan fingerprint density at radius 3 is 2.46 bits per heavy atom. The van der Waals surface area contributed by atoms with Gasteiger partial charge >= 0.3 is 0 Å². The zero-order valence-electron chi connectivity index (χ0n) is 14.0. The van der Waals surface area contributed by atoms with Crippen molar-refractivity contribution < 1.29 is 4.79 Å². The van der Waals surface area contributed by atoms with Crippen LogP contribution in [0.15, 0.2) is 78.9 Å². The monoisotopic (exact) mass is 340 g/mol. The molecule has 0 fully saturated rings. The average Bonchev–Trinajstić information content (AvgIpc) is 3.23. The van der Waals surface area contributed by atoms with E-state index < -0.39 is 0 Å². The summed E-state index contributed by atoms with van der Waals surface area (Å²) in [5.41, 5.74) is 4.52. The summed E-state index contributed by atoms with van der Waals surface area (Å²) in [6, 6.07) is 25.6. The van der Waals surface area contributed by atoms with Gasteiger partial charge in [0, 0.05) is 17.7 Å². The number of para-hydroxylation sites is 1. The van der Waals surface area contributed by atoms with Crippen LogP contribution in [0, 0.1) is 0 Å². The van der Waals surface area contributed by atoms with Crippen molar-refractivity contribution >= 4 is 16.9 Å². The van der Waals surface area contributed by atoms with E-state index in [-0.39, 0.29) is 12.1 Å². The standard InChI is InChI=1S/C21H16N4O/c26-21-17-11-5-4-10-16(17)20(24(21)14-15-8-2-1-3-9-15)25-19-13-7-6-12-18(19)22-23-25/h1-13,20H,14H2. The lowest BCUT2D eigenvalue weighted by Crippen LogP contribution is -2.32. The molecule has 0 bridgehead atoms. The first kappa shape index (κ1) is 14.8. The number of hydrogen-bond acceptors (Lipinski definition) is 3. The van der Waals surface area contributed by atoms with Gasteiger partial charge in [-0.2, -0.15) is 0 Å². The molecule has 1 aromatic heterocycles. The normalized spacial score (nSPS) is 16.2. The predicted octanol–water partition coefficient (Wildman–Crippen LogP) is 3.63. The number of carbonyl (C=O) groups excluding carboxylic acids is 1. The number of carbonyl (C=O) groups is 1. The lowest BCUT2D eigenvalue weighted by molar-refractivity contribution is 0.0673. The fraction of sp³-hybridized carbons (Fsp3) is 0.0952. The van der Waals surface area contributed by atoms with E-state index in [0.717, 1.165) is 27.7 Å². The van der Waals surface area contributed by atoms with Gasteiger partial charge in [0.2, 0.25) is 0 Å². The minimum Gasteiger partial charge on any atom is -0.308 e. The average molecular weight is 340 g/mol. The third-order valence-corrected chi connectivity index (χ3v) is 4.83. The molecule has 126 valence electrons. The van der Waals surface area contributed by atoms with Gasteiger partial charge in [-0.1, -0.05) is 65.9 Å². The maximum atomic E-state index is 13.1. The molecule has 5 nitrogen and oxygen atoms in total. The van der Waals surface area contributed by atoms with Gasteiger partial charge in [0.15, 0.2) is 6.17 Å². The first-order chi connectivity index (χ1) is 12.8. The summed E-state index contributed by atoms with van der Waals surface area (Å²) in [7, 11) is 0. The summed E-state index contributed by atoms with van der Waals surface area (Å²) in [4.78, 5) is 15.0. The van der Waals surface area contributed by atoms with Crippen LogP contribution in [0.2, 0.25) is 0 Å². The van der Waals surface area contributed by atoms with E-state index in [0.29, 0.717) is 6.54 Å². The van der Waals surface area contributed by atoms with Gasteiger partial charge in [-0.05, 0) is 23.8 Å². The molecule has 0 aliphatic carbocycles. The van der Waals surface area contributed by atoms with Crippen molar-refractivity contribution in [3.05, 3.63) is 95.6 Å². The maximum absolute atomic E-state index is 13.1. The molecule has 3 aromatic carbocycles. The number of rotatable bonds is 3. The Morgan fingerprint density at radius 2 is 1.58 bits per heavy atom. The lowest BCUT2D eigenvalue weighted by atomic mass is 10.1. The summed E-state index contributed by atoms with van der Waals surface area (Å²) < 4.78 is 1.85. The smallest absolute Gasteiger partial charge is 0.256 e. The molecular weight excluding hydrogens is 324 g/mol. The molecule has 5 heteroatoms. The van der Waals surface area contributed by atoms with Crippen molar-refractivity contribution in [1.29, 1.82) is 0 Å². The quantitative estimate of drug-likeness (QED) is 0.572. The first-order valence-electron chi connectivity index (χ1n) is 8.57. The SMILES string of the molecule is O=C1c2ccccc2C(n2nnc3ccccc32)N1Cc1ccccc1. The van der Waals surface area contributed by atoms with Crippen LogP contribution in [0.5, 0.6) is 0 Å². The fourth-order valence-corrected chi connectivity index (χ4v) is 3.62. The molecule has 0 saturated carbocycles. The minimum absolute atomic E-state index is 0.0223. The topological polar surface area (TPSA) is 51.0 Å². The van der Waals surface area contributed by atoms with Crippen LogP contribution in [-0.2, 0) is 6.54 Å². The highest BCUT2D eigenvalue weighted by molar-refractivity contribution is 5.99. The van der Waals surface area contributed by atoms with Gasteiger partial charge in [0.25, 0.3) is 5.91 Å². The molecular formula is C21H16N4O. The predicted molar refractivity (Wildman–Crippen MR) is 98.4 cm³/mol. The lowest BCUT2D eigenvalue weighted by Gasteiger charge is -2.25. The Hall–Kier alpha value is -3.47. The Morgan fingerprint density at radius 1 is 0.846 bits per heavy atom. The molecule has 0 saturated heterocycles. The van der Waals surface area contributed by atoms with Crippen LogP contribution < -0.4 is 0 Å². The van der Waals surface area contributed by atoms with Crippen LogP contribution in [0.1, 0.15) is 27.7 Å². The molecule has 1 amide bonds. The van der Waals surface area contributed by atoms with Crippen molar-refractivity contribution in [1.82, 2.24) is 19.9 Å². The van der Waals surface area contributed by atoms with Gasteiger partial charge in [-0.15, -0.1) is 5.10 Å². The molecule has 1 aliphatic heterocycles. The number of hydrogen-bond donors (Lipinski definition) is 0. The number of aromatic nitrogens is 3.